The zero-order valence-electron chi connectivity index (χ0n) is 11.2. The van der Waals surface area contributed by atoms with E-state index in [4.69, 9.17) is 23.2 Å². The van der Waals surface area contributed by atoms with Crippen LogP contribution in [-0.4, -0.2) is 31.1 Å². The van der Waals surface area contributed by atoms with E-state index in [0.717, 1.165) is 31.9 Å². The largest absolute Gasteiger partial charge is 0.384 e. The summed E-state index contributed by atoms with van der Waals surface area (Å²) in [5, 5.41) is 4.70. The van der Waals surface area contributed by atoms with E-state index in [9.17, 15) is 0 Å². The van der Waals surface area contributed by atoms with E-state index < -0.39 is 0 Å². The molecule has 1 N–H and O–H groups in total. The van der Waals surface area contributed by atoms with Crippen LogP contribution < -0.4 is 5.32 Å². The lowest BCUT2D eigenvalue weighted by Crippen LogP contribution is -2.30. The fraction of sp³-hybridized carbons (Fsp3) is 0.571. The third-order valence-electron chi connectivity index (χ3n) is 2.70. The van der Waals surface area contributed by atoms with Crippen molar-refractivity contribution in [3.8, 4) is 0 Å². The van der Waals surface area contributed by atoms with Gasteiger partial charge in [-0.15, -0.1) is 0 Å². The number of nitrogens with zero attached hydrogens (tertiary/aromatic N) is 1. The Bertz CT molecular complexity index is 329. The molecular formula is C14H22Cl2N2. The average molecular weight is 289 g/mol. The third-order valence-corrected chi connectivity index (χ3v) is 3.14. The van der Waals surface area contributed by atoms with E-state index in [-0.39, 0.29) is 0 Å². The molecule has 0 amide bonds. The van der Waals surface area contributed by atoms with Crippen molar-refractivity contribution in [1.29, 1.82) is 0 Å². The highest BCUT2D eigenvalue weighted by Crippen LogP contribution is 2.22. The van der Waals surface area contributed by atoms with Gasteiger partial charge in [-0.25, -0.2) is 0 Å². The first-order valence-corrected chi connectivity index (χ1v) is 7.33. The molecule has 0 atom stereocenters. The zero-order valence-corrected chi connectivity index (χ0v) is 12.7. The lowest BCUT2D eigenvalue weighted by atomic mass is 10.3. The summed E-state index contributed by atoms with van der Waals surface area (Å²) < 4.78 is 0. The zero-order chi connectivity index (χ0) is 13.4. The predicted octanol–water partition coefficient (Wildman–Crippen LogP) is 4.53. The smallest absolute Gasteiger partial charge is 0.0441 e. The second-order valence-corrected chi connectivity index (χ2v) is 5.30. The maximum absolute atomic E-state index is 5.96. The first kappa shape index (κ1) is 15.6. The summed E-state index contributed by atoms with van der Waals surface area (Å²) in [7, 11) is 0. The number of anilines is 1. The molecule has 0 unspecified atom stereocenters. The molecule has 0 bridgehead atoms. The van der Waals surface area contributed by atoms with Gasteiger partial charge in [0.05, 0.1) is 0 Å². The molecule has 0 aliphatic rings. The Morgan fingerprint density at radius 2 is 1.50 bits per heavy atom. The predicted molar refractivity (Wildman–Crippen MR) is 82.0 cm³/mol. The van der Waals surface area contributed by atoms with Crippen LogP contribution in [0.25, 0.3) is 0 Å². The molecule has 0 fully saturated rings. The summed E-state index contributed by atoms with van der Waals surface area (Å²) in [5.74, 6) is 0. The van der Waals surface area contributed by atoms with E-state index in [1.807, 2.05) is 12.1 Å². The first-order chi connectivity index (χ1) is 8.65. The van der Waals surface area contributed by atoms with Crippen LogP contribution in [0.15, 0.2) is 18.2 Å². The lowest BCUT2D eigenvalue weighted by Gasteiger charge is -2.21. The minimum absolute atomic E-state index is 0.670. The molecule has 0 radical (unpaired) electrons. The fourth-order valence-electron chi connectivity index (χ4n) is 1.98. The van der Waals surface area contributed by atoms with E-state index in [2.05, 4.69) is 24.1 Å². The van der Waals surface area contributed by atoms with Gasteiger partial charge in [0, 0.05) is 28.8 Å². The minimum atomic E-state index is 0.670. The standard InChI is InChI=1S/C14H22Cl2N2/c1-3-6-18(7-4-2)8-5-17-14-10-12(15)9-13(16)11-14/h9-11,17H,3-8H2,1-2H3. The summed E-state index contributed by atoms with van der Waals surface area (Å²) >= 11 is 11.9. The fourth-order valence-corrected chi connectivity index (χ4v) is 2.51. The van der Waals surface area contributed by atoms with Gasteiger partial charge >= 0.3 is 0 Å². The Balaban J connectivity index is 2.39. The van der Waals surface area contributed by atoms with Gasteiger partial charge in [0.25, 0.3) is 0 Å². The molecule has 0 spiro atoms. The normalized spacial score (nSPS) is 10.9. The van der Waals surface area contributed by atoms with Gasteiger partial charge in [-0.2, -0.15) is 0 Å². The molecule has 1 aromatic rings. The molecule has 18 heavy (non-hydrogen) atoms. The highest BCUT2D eigenvalue weighted by molar-refractivity contribution is 6.35. The van der Waals surface area contributed by atoms with Crippen molar-refractivity contribution in [2.45, 2.75) is 26.7 Å². The van der Waals surface area contributed by atoms with Crippen LogP contribution >= 0.6 is 23.2 Å². The number of benzene rings is 1. The number of hydrogen-bond acceptors (Lipinski definition) is 2. The van der Waals surface area contributed by atoms with Crippen LogP contribution in [0.1, 0.15) is 26.7 Å². The first-order valence-electron chi connectivity index (χ1n) is 6.58. The van der Waals surface area contributed by atoms with Crippen molar-refractivity contribution in [3.63, 3.8) is 0 Å². The van der Waals surface area contributed by atoms with Crippen molar-refractivity contribution < 1.29 is 0 Å². The summed E-state index contributed by atoms with van der Waals surface area (Å²) in [6.07, 6.45) is 2.39. The van der Waals surface area contributed by atoms with Gasteiger partial charge in [-0.3, -0.25) is 0 Å². The number of rotatable bonds is 8. The van der Waals surface area contributed by atoms with E-state index >= 15 is 0 Å². The molecule has 0 saturated carbocycles. The Labute approximate surface area is 120 Å². The molecule has 0 heterocycles. The van der Waals surface area contributed by atoms with Crippen LogP contribution in [-0.2, 0) is 0 Å². The Morgan fingerprint density at radius 1 is 0.944 bits per heavy atom. The Hall–Kier alpha value is -0.440. The number of nitrogens with one attached hydrogen (secondary N) is 1. The molecule has 1 rings (SSSR count). The molecule has 102 valence electrons. The van der Waals surface area contributed by atoms with E-state index in [1.165, 1.54) is 12.8 Å². The molecule has 2 nitrogen and oxygen atoms in total. The summed E-state index contributed by atoms with van der Waals surface area (Å²) in [4.78, 5) is 2.47. The summed E-state index contributed by atoms with van der Waals surface area (Å²) in [6, 6.07) is 5.55. The number of hydrogen-bond donors (Lipinski definition) is 1. The topological polar surface area (TPSA) is 15.3 Å². The third kappa shape index (κ3) is 5.94. The van der Waals surface area contributed by atoms with Gasteiger partial charge < -0.3 is 10.2 Å². The van der Waals surface area contributed by atoms with Crippen LogP contribution in [0.2, 0.25) is 10.0 Å². The van der Waals surface area contributed by atoms with Crippen molar-refractivity contribution in [2.24, 2.45) is 0 Å². The molecule has 0 aromatic heterocycles. The summed E-state index contributed by atoms with van der Waals surface area (Å²) in [5.41, 5.74) is 0.987. The molecule has 0 aliphatic heterocycles. The van der Waals surface area contributed by atoms with Crippen molar-refractivity contribution in [3.05, 3.63) is 28.2 Å². The van der Waals surface area contributed by atoms with Crippen molar-refractivity contribution >= 4 is 28.9 Å². The molecular weight excluding hydrogens is 267 g/mol. The van der Waals surface area contributed by atoms with Crippen LogP contribution in [0.5, 0.6) is 0 Å². The van der Waals surface area contributed by atoms with Gasteiger partial charge in [0.2, 0.25) is 0 Å². The van der Waals surface area contributed by atoms with E-state index in [1.54, 1.807) is 6.07 Å². The molecule has 0 aliphatic carbocycles. The van der Waals surface area contributed by atoms with Crippen LogP contribution in [0.3, 0.4) is 0 Å². The molecule has 0 saturated heterocycles. The van der Waals surface area contributed by atoms with Gasteiger partial charge in [-0.1, -0.05) is 37.0 Å². The second kappa shape index (κ2) is 8.63. The quantitative estimate of drug-likeness (QED) is 0.756. The molecule has 4 heteroatoms. The van der Waals surface area contributed by atoms with Gasteiger partial charge in [0.1, 0.15) is 0 Å². The minimum Gasteiger partial charge on any atom is -0.384 e. The Kier molecular flexibility index (Phi) is 7.48. The van der Waals surface area contributed by atoms with Crippen molar-refractivity contribution in [1.82, 2.24) is 4.90 Å². The average Bonchev–Trinajstić information content (AvgIpc) is 2.28. The van der Waals surface area contributed by atoms with E-state index in [0.29, 0.717) is 10.0 Å². The maximum Gasteiger partial charge on any atom is 0.0441 e. The highest BCUT2D eigenvalue weighted by Gasteiger charge is 2.02. The lowest BCUT2D eigenvalue weighted by molar-refractivity contribution is 0.285. The number of halogens is 2. The SMILES string of the molecule is CCCN(CCC)CCNc1cc(Cl)cc(Cl)c1. The van der Waals surface area contributed by atoms with Crippen LogP contribution in [0.4, 0.5) is 5.69 Å². The second-order valence-electron chi connectivity index (χ2n) is 4.43. The monoisotopic (exact) mass is 288 g/mol. The summed E-state index contributed by atoms with van der Waals surface area (Å²) in [6.45, 7) is 8.71. The van der Waals surface area contributed by atoms with Gasteiger partial charge in [0.15, 0.2) is 0 Å². The maximum atomic E-state index is 5.96. The van der Waals surface area contributed by atoms with Crippen LogP contribution in [0, 0.1) is 0 Å². The van der Waals surface area contributed by atoms with Gasteiger partial charge in [-0.05, 0) is 44.1 Å². The Morgan fingerprint density at radius 3 is 2.00 bits per heavy atom. The highest BCUT2D eigenvalue weighted by atomic mass is 35.5. The van der Waals surface area contributed by atoms with Crippen molar-refractivity contribution in [2.75, 3.05) is 31.5 Å². The molecule has 1 aromatic carbocycles.